The first-order chi connectivity index (χ1) is 8.06. The number of unbranched alkanes of at least 4 members (excludes halogenated alkanes) is 3. The molecule has 4 nitrogen and oxygen atoms in total. The molecule has 1 aromatic carbocycles. The molecule has 1 rings (SSSR count). The standard InChI is InChI=1S/C13H20N2O2/c1-2-3-4-5-6-10-11(13(16)17)7-9(14)8-12(10)15/h7-8H,2-6,14-15H2,1H3,(H,16,17). The minimum Gasteiger partial charge on any atom is -0.478 e. The minimum atomic E-state index is -0.963. The molecule has 0 bridgehead atoms. The van der Waals surface area contributed by atoms with Crippen molar-refractivity contribution in [2.45, 2.75) is 39.0 Å². The Morgan fingerprint density at radius 2 is 1.94 bits per heavy atom. The zero-order chi connectivity index (χ0) is 12.8. The van der Waals surface area contributed by atoms with Crippen molar-refractivity contribution in [2.75, 3.05) is 11.5 Å². The van der Waals surface area contributed by atoms with E-state index in [-0.39, 0.29) is 5.56 Å². The van der Waals surface area contributed by atoms with E-state index in [4.69, 9.17) is 16.6 Å². The van der Waals surface area contributed by atoms with Gasteiger partial charge in [0.15, 0.2) is 0 Å². The van der Waals surface area contributed by atoms with Gasteiger partial charge in [0.2, 0.25) is 0 Å². The van der Waals surface area contributed by atoms with Crippen LogP contribution in [-0.4, -0.2) is 11.1 Å². The van der Waals surface area contributed by atoms with E-state index in [1.54, 1.807) is 6.07 Å². The monoisotopic (exact) mass is 236 g/mol. The van der Waals surface area contributed by atoms with Crippen molar-refractivity contribution < 1.29 is 9.90 Å². The maximum Gasteiger partial charge on any atom is 0.336 e. The van der Waals surface area contributed by atoms with Crippen molar-refractivity contribution in [2.24, 2.45) is 0 Å². The maximum absolute atomic E-state index is 11.1. The number of carboxylic acid groups (broad SMARTS) is 1. The Kier molecular flexibility index (Phi) is 4.82. The molecule has 0 unspecified atom stereocenters. The van der Waals surface area contributed by atoms with Gasteiger partial charge in [-0.05, 0) is 30.5 Å². The highest BCUT2D eigenvalue weighted by atomic mass is 16.4. The van der Waals surface area contributed by atoms with Crippen molar-refractivity contribution >= 4 is 17.3 Å². The fourth-order valence-corrected chi connectivity index (χ4v) is 1.92. The van der Waals surface area contributed by atoms with Gasteiger partial charge in [-0.3, -0.25) is 0 Å². The van der Waals surface area contributed by atoms with Gasteiger partial charge in [-0.1, -0.05) is 26.2 Å². The van der Waals surface area contributed by atoms with E-state index < -0.39 is 5.97 Å². The summed E-state index contributed by atoms with van der Waals surface area (Å²) < 4.78 is 0. The van der Waals surface area contributed by atoms with Crippen molar-refractivity contribution in [3.05, 3.63) is 23.3 Å². The number of nitrogens with two attached hydrogens (primary N) is 2. The molecule has 0 radical (unpaired) electrons. The Morgan fingerprint density at radius 1 is 1.24 bits per heavy atom. The van der Waals surface area contributed by atoms with Crippen LogP contribution in [0.1, 0.15) is 48.5 Å². The number of hydrogen-bond acceptors (Lipinski definition) is 3. The van der Waals surface area contributed by atoms with Gasteiger partial charge in [0.1, 0.15) is 0 Å². The minimum absolute atomic E-state index is 0.235. The highest BCUT2D eigenvalue weighted by Crippen LogP contribution is 2.23. The maximum atomic E-state index is 11.1. The molecule has 94 valence electrons. The largest absolute Gasteiger partial charge is 0.478 e. The van der Waals surface area contributed by atoms with Gasteiger partial charge >= 0.3 is 5.97 Å². The summed E-state index contributed by atoms with van der Waals surface area (Å²) in [5, 5.41) is 9.11. The highest BCUT2D eigenvalue weighted by Gasteiger charge is 2.13. The summed E-state index contributed by atoms with van der Waals surface area (Å²) in [5.74, 6) is -0.963. The van der Waals surface area contributed by atoms with Crippen LogP contribution >= 0.6 is 0 Å². The van der Waals surface area contributed by atoms with E-state index in [0.717, 1.165) is 25.7 Å². The summed E-state index contributed by atoms with van der Waals surface area (Å²) in [6, 6.07) is 3.11. The summed E-state index contributed by atoms with van der Waals surface area (Å²) in [5.41, 5.74) is 13.3. The molecule has 0 aliphatic heterocycles. The van der Waals surface area contributed by atoms with Crippen LogP contribution in [-0.2, 0) is 6.42 Å². The molecule has 0 aliphatic carbocycles. The third-order valence-electron chi connectivity index (χ3n) is 2.82. The Hall–Kier alpha value is -1.71. The fraction of sp³-hybridized carbons (Fsp3) is 0.462. The lowest BCUT2D eigenvalue weighted by molar-refractivity contribution is 0.0695. The summed E-state index contributed by atoms with van der Waals surface area (Å²) >= 11 is 0. The van der Waals surface area contributed by atoms with Gasteiger partial charge in [-0.15, -0.1) is 0 Å². The van der Waals surface area contributed by atoms with Crippen LogP contribution in [0.5, 0.6) is 0 Å². The van der Waals surface area contributed by atoms with Gasteiger partial charge < -0.3 is 16.6 Å². The molecule has 0 aliphatic rings. The van der Waals surface area contributed by atoms with Crippen LogP contribution in [0.25, 0.3) is 0 Å². The zero-order valence-electron chi connectivity index (χ0n) is 10.2. The highest BCUT2D eigenvalue weighted by molar-refractivity contribution is 5.92. The van der Waals surface area contributed by atoms with Crippen LogP contribution < -0.4 is 11.5 Å². The normalized spacial score (nSPS) is 10.4. The van der Waals surface area contributed by atoms with Crippen molar-refractivity contribution in [3.63, 3.8) is 0 Å². The van der Waals surface area contributed by atoms with Crippen molar-refractivity contribution in [3.8, 4) is 0 Å². The quantitative estimate of drug-likeness (QED) is 0.523. The molecule has 0 aromatic heterocycles. The molecule has 0 atom stereocenters. The zero-order valence-corrected chi connectivity index (χ0v) is 10.2. The Morgan fingerprint density at radius 3 is 2.53 bits per heavy atom. The molecule has 17 heavy (non-hydrogen) atoms. The molecular formula is C13H20N2O2. The predicted molar refractivity (Wildman–Crippen MR) is 70.1 cm³/mol. The molecule has 0 amide bonds. The summed E-state index contributed by atoms with van der Waals surface area (Å²) in [6.07, 6.45) is 5.08. The van der Waals surface area contributed by atoms with E-state index in [1.165, 1.54) is 6.07 Å². The first-order valence-corrected chi connectivity index (χ1v) is 5.97. The molecule has 0 saturated heterocycles. The molecule has 5 N–H and O–H groups in total. The van der Waals surface area contributed by atoms with Crippen molar-refractivity contribution in [1.29, 1.82) is 0 Å². The number of carboxylic acids is 1. The van der Waals surface area contributed by atoms with E-state index in [0.29, 0.717) is 23.4 Å². The fourth-order valence-electron chi connectivity index (χ4n) is 1.92. The number of anilines is 2. The lowest BCUT2D eigenvalue weighted by Gasteiger charge is -2.10. The molecule has 4 heteroatoms. The number of aromatic carboxylic acids is 1. The first-order valence-electron chi connectivity index (χ1n) is 5.97. The van der Waals surface area contributed by atoms with E-state index in [2.05, 4.69) is 6.92 Å². The number of nitrogen functional groups attached to an aromatic ring is 2. The van der Waals surface area contributed by atoms with Gasteiger partial charge in [-0.25, -0.2) is 4.79 Å². The molecular weight excluding hydrogens is 216 g/mol. The van der Waals surface area contributed by atoms with E-state index in [9.17, 15) is 4.79 Å². The van der Waals surface area contributed by atoms with Crippen LogP contribution in [0.15, 0.2) is 12.1 Å². The lowest BCUT2D eigenvalue weighted by atomic mass is 9.98. The Balaban J connectivity index is 2.85. The van der Waals surface area contributed by atoms with Crippen LogP contribution in [0, 0.1) is 0 Å². The molecule has 1 aromatic rings. The average molecular weight is 236 g/mol. The molecule has 0 saturated carbocycles. The second-order valence-corrected chi connectivity index (χ2v) is 4.25. The third kappa shape index (κ3) is 3.66. The first kappa shape index (κ1) is 13.4. The van der Waals surface area contributed by atoms with E-state index in [1.807, 2.05) is 0 Å². The summed E-state index contributed by atoms with van der Waals surface area (Å²) in [4.78, 5) is 11.1. The average Bonchev–Trinajstić information content (AvgIpc) is 2.25. The van der Waals surface area contributed by atoms with Crippen molar-refractivity contribution in [1.82, 2.24) is 0 Å². The van der Waals surface area contributed by atoms with Crippen LogP contribution in [0.4, 0.5) is 11.4 Å². The Bertz CT molecular complexity index is 403. The van der Waals surface area contributed by atoms with Crippen LogP contribution in [0.3, 0.4) is 0 Å². The molecule has 0 heterocycles. The number of benzene rings is 1. The number of rotatable bonds is 6. The number of carbonyl (C=O) groups is 1. The Labute approximate surface area is 102 Å². The SMILES string of the molecule is CCCCCCc1c(N)cc(N)cc1C(=O)O. The second-order valence-electron chi connectivity index (χ2n) is 4.25. The smallest absolute Gasteiger partial charge is 0.336 e. The second kappa shape index (κ2) is 6.13. The number of hydrogen-bond donors (Lipinski definition) is 3. The van der Waals surface area contributed by atoms with E-state index >= 15 is 0 Å². The summed E-state index contributed by atoms with van der Waals surface area (Å²) in [6.45, 7) is 2.14. The summed E-state index contributed by atoms with van der Waals surface area (Å²) in [7, 11) is 0. The van der Waals surface area contributed by atoms with Gasteiger partial charge in [-0.2, -0.15) is 0 Å². The third-order valence-corrected chi connectivity index (χ3v) is 2.82. The lowest BCUT2D eigenvalue weighted by Crippen LogP contribution is -2.07. The van der Waals surface area contributed by atoms with Crippen LogP contribution in [0.2, 0.25) is 0 Å². The topological polar surface area (TPSA) is 89.3 Å². The molecule has 0 spiro atoms. The van der Waals surface area contributed by atoms with Gasteiger partial charge in [0.05, 0.1) is 5.56 Å². The van der Waals surface area contributed by atoms with Gasteiger partial charge in [0, 0.05) is 11.4 Å². The molecule has 0 fully saturated rings. The predicted octanol–water partition coefficient (Wildman–Crippen LogP) is 2.67. The van der Waals surface area contributed by atoms with Gasteiger partial charge in [0.25, 0.3) is 0 Å².